The van der Waals surface area contributed by atoms with Gasteiger partial charge in [0, 0.05) is 19.3 Å². The van der Waals surface area contributed by atoms with Crippen molar-refractivity contribution in [2.75, 3.05) is 18.0 Å². The summed E-state index contributed by atoms with van der Waals surface area (Å²) in [6.07, 6.45) is 4.07. The van der Waals surface area contributed by atoms with E-state index in [2.05, 4.69) is 26.8 Å². The highest BCUT2D eigenvalue weighted by molar-refractivity contribution is 5.92. The van der Waals surface area contributed by atoms with Gasteiger partial charge in [0.15, 0.2) is 5.65 Å². The summed E-state index contributed by atoms with van der Waals surface area (Å²) in [6.45, 7) is 4.08. The molecule has 3 aromatic rings. The normalized spacial score (nSPS) is 18.0. The summed E-state index contributed by atoms with van der Waals surface area (Å²) >= 11 is 0. The van der Waals surface area contributed by atoms with Crippen LogP contribution in [0.3, 0.4) is 0 Å². The Morgan fingerprint density at radius 3 is 2.83 bits per heavy atom. The van der Waals surface area contributed by atoms with Crippen LogP contribution < -0.4 is 10.5 Å². The van der Waals surface area contributed by atoms with E-state index in [4.69, 9.17) is 0 Å². The van der Waals surface area contributed by atoms with Crippen molar-refractivity contribution in [1.29, 1.82) is 0 Å². The molecule has 1 unspecified atom stereocenters. The maximum absolute atomic E-state index is 12.8. The van der Waals surface area contributed by atoms with Crippen LogP contribution in [0.1, 0.15) is 19.8 Å². The fourth-order valence-corrected chi connectivity index (χ4v) is 3.44. The predicted molar refractivity (Wildman–Crippen MR) is 96.2 cm³/mol. The molecule has 122 valence electrons. The summed E-state index contributed by atoms with van der Waals surface area (Å²) < 4.78 is 0. The van der Waals surface area contributed by atoms with Gasteiger partial charge in [-0.25, -0.2) is 4.98 Å². The van der Waals surface area contributed by atoms with Gasteiger partial charge < -0.3 is 4.90 Å². The summed E-state index contributed by atoms with van der Waals surface area (Å²) in [4.78, 5) is 26.9. The Bertz CT molecular complexity index is 920. The Kier molecular flexibility index (Phi) is 3.76. The van der Waals surface area contributed by atoms with E-state index < -0.39 is 0 Å². The van der Waals surface area contributed by atoms with Crippen molar-refractivity contribution in [3.05, 3.63) is 52.9 Å². The van der Waals surface area contributed by atoms with E-state index >= 15 is 0 Å². The molecule has 1 N–H and O–H groups in total. The molecule has 0 spiro atoms. The second-order valence-corrected chi connectivity index (χ2v) is 6.51. The number of aromatic amines is 1. The number of pyridine rings is 1. The van der Waals surface area contributed by atoms with Crippen LogP contribution in [-0.2, 0) is 0 Å². The highest BCUT2D eigenvalue weighted by Gasteiger charge is 2.20. The lowest BCUT2D eigenvalue weighted by Gasteiger charge is -2.31. The maximum Gasteiger partial charge on any atom is 0.262 e. The number of benzene rings is 1. The van der Waals surface area contributed by atoms with Crippen LogP contribution in [0.15, 0.2) is 47.4 Å². The Labute approximate surface area is 140 Å². The predicted octanol–water partition coefficient (Wildman–Crippen LogP) is 3.22. The van der Waals surface area contributed by atoms with Crippen molar-refractivity contribution >= 4 is 17.0 Å². The van der Waals surface area contributed by atoms with Gasteiger partial charge in [-0.3, -0.25) is 9.78 Å². The van der Waals surface area contributed by atoms with Crippen molar-refractivity contribution < 1.29 is 0 Å². The minimum Gasteiger partial charge on any atom is -0.342 e. The van der Waals surface area contributed by atoms with E-state index in [1.165, 1.54) is 6.42 Å². The molecule has 5 nitrogen and oxygen atoms in total. The molecule has 0 bridgehead atoms. The molecule has 0 saturated carbocycles. The fraction of sp³-hybridized carbons (Fsp3) is 0.316. The summed E-state index contributed by atoms with van der Waals surface area (Å²) in [5.74, 6) is 1.25. The molecule has 0 radical (unpaired) electrons. The van der Waals surface area contributed by atoms with Crippen LogP contribution in [0.25, 0.3) is 22.2 Å². The molecule has 1 saturated heterocycles. The average molecular weight is 320 g/mol. The van der Waals surface area contributed by atoms with Crippen molar-refractivity contribution in [2.45, 2.75) is 19.8 Å². The second-order valence-electron chi connectivity index (χ2n) is 6.51. The van der Waals surface area contributed by atoms with E-state index in [1.54, 1.807) is 6.20 Å². The van der Waals surface area contributed by atoms with Gasteiger partial charge in [0.05, 0.1) is 5.39 Å². The van der Waals surface area contributed by atoms with Gasteiger partial charge in [0.25, 0.3) is 5.56 Å². The summed E-state index contributed by atoms with van der Waals surface area (Å²) in [7, 11) is 0. The quantitative estimate of drug-likeness (QED) is 0.787. The molecule has 1 fully saturated rings. The summed E-state index contributed by atoms with van der Waals surface area (Å²) in [5.41, 5.74) is 2.25. The highest BCUT2D eigenvalue weighted by Crippen LogP contribution is 2.25. The number of anilines is 1. The van der Waals surface area contributed by atoms with Crippen LogP contribution >= 0.6 is 0 Å². The average Bonchev–Trinajstić information content (AvgIpc) is 2.62. The van der Waals surface area contributed by atoms with Gasteiger partial charge >= 0.3 is 0 Å². The molecule has 24 heavy (non-hydrogen) atoms. The zero-order chi connectivity index (χ0) is 16.5. The monoisotopic (exact) mass is 320 g/mol. The van der Waals surface area contributed by atoms with E-state index in [0.29, 0.717) is 22.9 Å². The zero-order valence-corrected chi connectivity index (χ0v) is 13.7. The van der Waals surface area contributed by atoms with Gasteiger partial charge in [-0.2, -0.15) is 4.98 Å². The lowest BCUT2D eigenvalue weighted by Crippen LogP contribution is -2.36. The number of nitrogens with one attached hydrogen (secondary N) is 1. The van der Waals surface area contributed by atoms with Crippen molar-refractivity contribution in [3.8, 4) is 11.1 Å². The SMILES string of the molecule is CC1CCCN(c2nc3nccc(-c4ccccc4)c3c(=O)[nH]2)C1. The summed E-state index contributed by atoms with van der Waals surface area (Å²) in [5, 5.41) is 0.553. The van der Waals surface area contributed by atoms with Crippen LogP contribution in [0, 0.1) is 5.92 Å². The molecular weight excluding hydrogens is 300 g/mol. The highest BCUT2D eigenvalue weighted by atomic mass is 16.1. The number of hydrogen-bond acceptors (Lipinski definition) is 4. The Balaban J connectivity index is 1.84. The lowest BCUT2D eigenvalue weighted by atomic mass is 10.0. The van der Waals surface area contributed by atoms with Crippen LogP contribution in [0.4, 0.5) is 5.95 Å². The van der Waals surface area contributed by atoms with E-state index in [0.717, 1.165) is 30.6 Å². The van der Waals surface area contributed by atoms with Crippen molar-refractivity contribution in [2.24, 2.45) is 5.92 Å². The number of rotatable bonds is 2. The topological polar surface area (TPSA) is 61.9 Å². The van der Waals surface area contributed by atoms with Gasteiger partial charge in [0.2, 0.25) is 5.95 Å². The van der Waals surface area contributed by atoms with Crippen LogP contribution in [0.2, 0.25) is 0 Å². The fourth-order valence-electron chi connectivity index (χ4n) is 3.44. The first kappa shape index (κ1) is 14.9. The largest absolute Gasteiger partial charge is 0.342 e. The van der Waals surface area contributed by atoms with Gasteiger partial charge in [-0.1, -0.05) is 37.3 Å². The Morgan fingerprint density at radius 2 is 2.04 bits per heavy atom. The van der Waals surface area contributed by atoms with E-state index in [9.17, 15) is 4.79 Å². The molecule has 1 aliphatic heterocycles. The molecule has 1 aliphatic rings. The number of H-pyrrole nitrogens is 1. The number of nitrogens with zero attached hydrogens (tertiary/aromatic N) is 3. The third kappa shape index (κ3) is 2.66. The molecule has 3 heterocycles. The lowest BCUT2D eigenvalue weighted by molar-refractivity contribution is 0.442. The Hall–Kier alpha value is -2.69. The number of aromatic nitrogens is 3. The Morgan fingerprint density at radius 1 is 1.21 bits per heavy atom. The first-order valence-corrected chi connectivity index (χ1v) is 8.42. The molecule has 5 heteroatoms. The number of fused-ring (bicyclic) bond motifs is 1. The van der Waals surface area contributed by atoms with Gasteiger partial charge in [0.1, 0.15) is 0 Å². The van der Waals surface area contributed by atoms with Crippen LogP contribution in [-0.4, -0.2) is 28.0 Å². The van der Waals surface area contributed by atoms with Gasteiger partial charge in [-0.15, -0.1) is 0 Å². The van der Waals surface area contributed by atoms with Gasteiger partial charge in [-0.05, 0) is 36.0 Å². The number of piperidine rings is 1. The standard InChI is InChI=1S/C19H20N4O/c1-13-6-5-11-23(12-13)19-21-17-16(18(24)22-19)15(9-10-20-17)14-7-3-2-4-8-14/h2-4,7-10,13H,5-6,11-12H2,1H3,(H,20,21,22,24). The summed E-state index contributed by atoms with van der Waals surface area (Å²) in [6, 6.07) is 11.8. The maximum atomic E-state index is 12.8. The molecule has 4 rings (SSSR count). The van der Waals surface area contributed by atoms with Crippen LogP contribution in [0.5, 0.6) is 0 Å². The first-order chi connectivity index (χ1) is 11.7. The van der Waals surface area contributed by atoms with Crippen molar-refractivity contribution in [3.63, 3.8) is 0 Å². The third-order valence-corrected chi connectivity index (χ3v) is 4.64. The third-order valence-electron chi connectivity index (χ3n) is 4.64. The molecular formula is C19H20N4O. The van der Waals surface area contributed by atoms with Crippen molar-refractivity contribution in [1.82, 2.24) is 15.0 Å². The van der Waals surface area contributed by atoms with E-state index in [1.807, 2.05) is 36.4 Å². The zero-order valence-electron chi connectivity index (χ0n) is 13.7. The molecule has 0 amide bonds. The minimum atomic E-state index is -0.125. The minimum absolute atomic E-state index is 0.125. The molecule has 1 atom stereocenters. The molecule has 2 aromatic heterocycles. The first-order valence-electron chi connectivity index (χ1n) is 8.42. The smallest absolute Gasteiger partial charge is 0.262 e. The number of hydrogen-bond donors (Lipinski definition) is 1. The van der Waals surface area contributed by atoms with E-state index in [-0.39, 0.29) is 5.56 Å². The molecule has 1 aromatic carbocycles. The molecule has 0 aliphatic carbocycles. The second kappa shape index (κ2) is 6.07.